The van der Waals surface area contributed by atoms with E-state index >= 15 is 0 Å². The summed E-state index contributed by atoms with van der Waals surface area (Å²) in [5, 5.41) is 0. The molecule has 1 saturated carbocycles. The minimum absolute atomic E-state index is 0.343. The zero-order valence-corrected chi connectivity index (χ0v) is 13.0. The topological polar surface area (TPSA) is 44.5 Å². The van der Waals surface area contributed by atoms with Gasteiger partial charge in [0.05, 0.1) is 13.2 Å². The van der Waals surface area contributed by atoms with Crippen molar-refractivity contribution >= 4 is 15.9 Å². The molecule has 1 aromatic rings. The highest BCUT2D eigenvalue weighted by atomic mass is 79.9. The molecule has 19 heavy (non-hydrogen) atoms. The van der Waals surface area contributed by atoms with Crippen molar-refractivity contribution in [1.82, 2.24) is 0 Å². The molecule has 0 heterocycles. The molecule has 4 heteroatoms. The summed E-state index contributed by atoms with van der Waals surface area (Å²) in [6.07, 6.45) is 7.11. The number of benzene rings is 1. The smallest absolute Gasteiger partial charge is 0.162 e. The maximum Gasteiger partial charge on any atom is 0.162 e. The quantitative estimate of drug-likeness (QED) is 0.866. The molecule has 0 atom stereocenters. The van der Waals surface area contributed by atoms with Gasteiger partial charge in [-0.1, -0.05) is 15.9 Å². The summed E-state index contributed by atoms with van der Waals surface area (Å²) in [7, 11) is 1.69. The van der Waals surface area contributed by atoms with Crippen LogP contribution < -0.4 is 15.2 Å². The van der Waals surface area contributed by atoms with Gasteiger partial charge in [0.1, 0.15) is 0 Å². The molecule has 2 N–H and O–H groups in total. The molecule has 3 nitrogen and oxygen atoms in total. The van der Waals surface area contributed by atoms with Crippen LogP contribution in [0.2, 0.25) is 0 Å². The van der Waals surface area contributed by atoms with E-state index in [9.17, 15) is 0 Å². The number of methoxy groups -OCH3 is 1. The molecule has 0 bridgehead atoms. The summed E-state index contributed by atoms with van der Waals surface area (Å²) in [5.74, 6) is 1.67. The van der Waals surface area contributed by atoms with Gasteiger partial charge in [-0.3, -0.25) is 0 Å². The first kappa shape index (κ1) is 14.7. The number of rotatable bonds is 6. The molecule has 0 aromatic heterocycles. The zero-order chi connectivity index (χ0) is 13.7. The fourth-order valence-electron chi connectivity index (χ4n) is 2.50. The van der Waals surface area contributed by atoms with E-state index < -0.39 is 0 Å². The first-order valence-corrected chi connectivity index (χ1v) is 7.77. The number of hydrogen-bond acceptors (Lipinski definition) is 3. The van der Waals surface area contributed by atoms with Crippen molar-refractivity contribution in [2.75, 3.05) is 13.7 Å². The first-order chi connectivity index (χ1) is 9.24. The summed E-state index contributed by atoms with van der Waals surface area (Å²) in [6.45, 7) is 0.703. The van der Waals surface area contributed by atoms with Crippen LogP contribution in [0, 0.1) is 0 Å². The molecular weight excluding hydrogens is 306 g/mol. The van der Waals surface area contributed by atoms with E-state index in [-0.39, 0.29) is 0 Å². The largest absolute Gasteiger partial charge is 0.493 e. The minimum atomic E-state index is 0.343. The fourth-order valence-corrected chi connectivity index (χ4v) is 3.02. The standard InChI is InChI=1S/C15H22BrNO2/c1-18-14-9-11(5-4-8-17)13(16)10-15(14)19-12-6-2-3-7-12/h9-10,12H,2-8,17H2,1H3. The fraction of sp³-hybridized carbons (Fsp3) is 0.600. The van der Waals surface area contributed by atoms with Gasteiger partial charge in [-0.05, 0) is 62.8 Å². The first-order valence-electron chi connectivity index (χ1n) is 6.97. The normalized spacial score (nSPS) is 15.7. The van der Waals surface area contributed by atoms with Gasteiger partial charge in [-0.25, -0.2) is 0 Å². The molecule has 0 spiro atoms. The maximum atomic E-state index is 6.06. The van der Waals surface area contributed by atoms with Crippen molar-refractivity contribution in [1.29, 1.82) is 0 Å². The van der Waals surface area contributed by atoms with Crippen molar-refractivity contribution in [3.63, 3.8) is 0 Å². The van der Waals surface area contributed by atoms with E-state index in [1.165, 1.54) is 18.4 Å². The van der Waals surface area contributed by atoms with E-state index in [1.807, 2.05) is 6.07 Å². The Morgan fingerprint density at radius 3 is 2.63 bits per heavy atom. The average molecular weight is 328 g/mol. The lowest BCUT2D eigenvalue weighted by Crippen LogP contribution is -2.12. The summed E-state index contributed by atoms with van der Waals surface area (Å²) in [4.78, 5) is 0. The Kier molecular flexibility index (Phi) is 5.52. The van der Waals surface area contributed by atoms with E-state index in [4.69, 9.17) is 15.2 Å². The number of hydrogen-bond donors (Lipinski definition) is 1. The molecule has 0 radical (unpaired) electrons. The third-order valence-electron chi connectivity index (χ3n) is 3.58. The van der Waals surface area contributed by atoms with Gasteiger partial charge >= 0.3 is 0 Å². The van der Waals surface area contributed by atoms with Gasteiger partial charge in [-0.2, -0.15) is 0 Å². The van der Waals surface area contributed by atoms with Crippen LogP contribution in [0.5, 0.6) is 11.5 Å². The second-order valence-corrected chi connectivity index (χ2v) is 5.87. The second kappa shape index (κ2) is 7.15. The average Bonchev–Trinajstić information content (AvgIpc) is 2.91. The van der Waals surface area contributed by atoms with Crippen LogP contribution in [0.3, 0.4) is 0 Å². The molecule has 1 aliphatic carbocycles. The third kappa shape index (κ3) is 3.86. The summed E-state index contributed by atoms with van der Waals surface area (Å²) < 4.78 is 12.6. The Balaban J connectivity index is 2.15. The predicted octanol–water partition coefficient (Wildman–Crippen LogP) is 3.67. The highest BCUT2D eigenvalue weighted by Crippen LogP contribution is 2.36. The molecule has 0 aliphatic heterocycles. The van der Waals surface area contributed by atoms with Gasteiger partial charge in [-0.15, -0.1) is 0 Å². The van der Waals surface area contributed by atoms with Crippen molar-refractivity contribution < 1.29 is 9.47 Å². The Morgan fingerprint density at radius 2 is 2.00 bits per heavy atom. The molecule has 0 saturated heterocycles. The lowest BCUT2D eigenvalue weighted by Gasteiger charge is -2.17. The number of halogens is 1. The van der Waals surface area contributed by atoms with Gasteiger partial charge < -0.3 is 15.2 Å². The zero-order valence-electron chi connectivity index (χ0n) is 11.5. The van der Waals surface area contributed by atoms with Crippen LogP contribution in [-0.4, -0.2) is 19.8 Å². The molecule has 0 unspecified atom stereocenters. The van der Waals surface area contributed by atoms with Gasteiger partial charge in [0.2, 0.25) is 0 Å². The molecule has 2 rings (SSSR count). The molecule has 1 aliphatic rings. The van der Waals surface area contributed by atoms with Crippen LogP contribution in [0.25, 0.3) is 0 Å². The Labute approximate surface area is 123 Å². The van der Waals surface area contributed by atoms with Crippen LogP contribution in [-0.2, 0) is 6.42 Å². The minimum Gasteiger partial charge on any atom is -0.493 e. The lowest BCUT2D eigenvalue weighted by molar-refractivity contribution is 0.200. The highest BCUT2D eigenvalue weighted by molar-refractivity contribution is 9.10. The van der Waals surface area contributed by atoms with Crippen molar-refractivity contribution in [3.05, 3.63) is 22.2 Å². The van der Waals surface area contributed by atoms with Crippen molar-refractivity contribution in [2.45, 2.75) is 44.6 Å². The van der Waals surface area contributed by atoms with E-state index in [1.54, 1.807) is 7.11 Å². The third-order valence-corrected chi connectivity index (χ3v) is 4.32. The monoisotopic (exact) mass is 327 g/mol. The molecule has 1 aromatic carbocycles. The predicted molar refractivity (Wildman–Crippen MR) is 81.0 cm³/mol. The number of nitrogens with two attached hydrogens (primary N) is 1. The van der Waals surface area contributed by atoms with Crippen LogP contribution in [0.15, 0.2) is 16.6 Å². The Bertz CT molecular complexity index is 417. The number of ether oxygens (including phenoxy) is 2. The Morgan fingerprint density at radius 1 is 1.26 bits per heavy atom. The summed E-state index contributed by atoms with van der Waals surface area (Å²) in [5.41, 5.74) is 6.79. The van der Waals surface area contributed by atoms with Crippen LogP contribution >= 0.6 is 15.9 Å². The van der Waals surface area contributed by atoms with Gasteiger partial charge in [0.15, 0.2) is 11.5 Å². The highest BCUT2D eigenvalue weighted by Gasteiger charge is 2.19. The van der Waals surface area contributed by atoms with E-state index in [2.05, 4.69) is 22.0 Å². The van der Waals surface area contributed by atoms with E-state index in [0.29, 0.717) is 12.6 Å². The lowest BCUT2D eigenvalue weighted by atomic mass is 10.1. The van der Waals surface area contributed by atoms with Crippen LogP contribution in [0.4, 0.5) is 0 Å². The molecular formula is C15H22BrNO2. The summed E-state index contributed by atoms with van der Waals surface area (Å²) in [6, 6.07) is 4.09. The Hall–Kier alpha value is -0.740. The van der Waals surface area contributed by atoms with Crippen LogP contribution in [0.1, 0.15) is 37.7 Å². The van der Waals surface area contributed by atoms with Crippen molar-refractivity contribution in [2.24, 2.45) is 5.73 Å². The molecule has 1 fully saturated rings. The van der Waals surface area contributed by atoms with Gasteiger partial charge in [0.25, 0.3) is 0 Å². The van der Waals surface area contributed by atoms with E-state index in [0.717, 1.165) is 41.7 Å². The SMILES string of the molecule is COc1cc(CCCN)c(Br)cc1OC1CCCC1. The van der Waals surface area contributed by atoms with Gasteiger partial charge in [0, 0.05) is 4.47 Å². The molecule has 106 valence electrons. The van der Waals surface area contributed by atoms with Crippen molar-refractivity contribution in [3.8, 4) is 11.5 Å². The summed E-state index contributed by atoms with van der Waals surface area (Å²) >= 11 is 3.61. The maximum absolute atomic E-state index is 6.06. The molecule has 0 amide bonds. The number of aryl methyl sites for hydroxylation is 1. The second-order valence-electron chi connectivity index (χ2n) is 5.01.